The summed E-state index contributed by atoms with van der Waals surface area (Å²) in [6.07, 6.45) is -0.448. The highest BCUT2D eigenvalue weighted by atomic mass is 32.2. The van der Waals surface area contributed by atoms with Crippen molar-refractivity contribution in [2.75, 3.05) is 17.6 Å². The Morgan fingerprint density at radius 3 is 2.61 bits per heavy atom. The second kappa shape index (κ2) is 6.81. The maximum Gasteiger partial charge on any atom is 0.236 e. The topological polar surface area (TPSA) is 97.0 Å². The first-order valence-corrected chi connectivity index (χ1v) is 8.61. The lowest BCUT2D eigenvalue weighted by Gasteiger charge is -2.14. The van der Waals surface area contributed by atoms with Gasteiger partial charge in [0, 0.05) is 12.7 Å². The van der Waals surface area contributed by atoms with Gasteiger partial charge in [-0.25, -0.2) is 13.1 Å². The fourth-order valence-electron chi connectivity index (χ4n) is 2.04. The van der Waals surface area contributed by atoms with Crippen LogP contribution in [-0.2, 0) is 14.8 Å². The van der Waals surface area contributed by atoms with E-state index in [1.165, 1.54) is 11.8 Å². The van der Waals surface area contributed by atoms with E-state index >= 15 is 0 Å². The van der Waals surface area contributed by atoms with Crippen molar-refractivity contribution in [3.8, 4) is 11.8 Å². The third-order valence-electron chi connectivity index (χ3n) is 3.34. The zero-order valence-corrected chi connectivity index (χ0v) is 14.0. The van der Waals surface area contributed by atoms with Crippen LogP contribution in [0, 0.1) is 18.3 Å². The van der Waals surface area contributed by atoms with Gasteiger partial charge in [-0.3, -0.25) is 4.72 Å². The van der Waals surface area contributed by atoms with Crippen molar-refractivity contribution >= 4 is 15.8 Å². The van der Waals surface area contributed by atoms with Crippen molar-refractivity contribution in [3.63, 3.8) is 0 Å². The van der Waals surface area contributed by atoms with Crippen molar-refractivity contribution in [1.82, 2.24) is 9.78 Å². The molecule has 0 bridgehead atoms. The highest BCUT2D eigenvalue weighted by Gasteiger charge is 2.22. The lowest BCUT2D eigenvalue weighted by molar-refractivity contribution is 0.136. The number of methoxy groups -OCH3 is 1. The molecule has 0 aliphatic heterocycles. The molecule has 2 rings (SSSR count). The van der Waals surface area contributed by atoms with Crippen LogP contribution in [0.4, 0.5) is 5.82 Å². The second-order valence-electron chi connectivity index (χ2n) is 5.11. The molecule has 0 spiro atoms. The summed E-state index contributed by atoms with van der Waals surface area (Å²) in [6.45, 7) is 3.32. The fourth-order valence-corrected chi connectivity index (χ4v) is 3.42. The minimum Gasteiger partial charge on any atom is -0.381 e. The van der Waals surface area contributed by atoms with Gasteiger partial charge < -0.3 is 4.74 Å². The van der Waals surface area contributed by atoms with Crippen LogP contribution >= 0.6 is 0 Å². The molecule has 1 heterocycles. The van der Waals surface area contributed by atoms with E-state index in [4.69, 9.17) is 10.00 Å². The molecule has 0 unspecified atom stereocenters. The molecule has 122 valence electrons. The van der Waals surface area contributed by atoms with Gasteiger partial charge in [0.15, 0.2) is 5.69 Å². The zero-order valence-electron chi connectivity index (χ0n) is 13.1. The summed E-state index contributed by atoms with van der Waals surface area (Å²) in [5.74, 6) is 0.0705. The molecule has 2 aromatic rings. The summed E-state index contributed by atoms with van der Waals surface area (Å²) in [6, 6.07) is 11.0. The Bertz CT molecular complexity index is 822. The summed E-state index contributed by atoms with van der Waals surface area (Å²) in [5, 5.41) is 13.3. The molecule has 1 atom stereocenters. The second-order valence-corrected chi connectivity index (χ2v) is 6.88. The highest BCUT2D eigenvalue weighted by Crippen LogP contribution is 2.24. The number of ether oxygens (including phenoxy) is 1. The SMILES string of the molecule is CO[C@@H](C)CS(=O)(=O)Nc1c(C)c(C#N)nn1-c1ccccc1. The molecule has 0 fully saturated rings. The Morgan fingerprint density at radius 1 is 1.39 bits per heavy atom. The summed E-state index contributed by atoms with van der Waals surface area (Å²) >= 11 is 0. The van der Waals surface area contributed by atoms with Crippen LogP contribution in [0.2, 0.25) is 0 Å². The molecular formula is C15H18N4O3S. The average Bonchev–Trinajstić information content (AvgIpc) is 2.83. The van der Waals surface area contributed by atoms with E-state index in [-0.39, 0.29) is 17.3 Å². The smallest absolute Gasteiger partial charge is 0.236 e. The van der Waals surface area contributed by atoms with Gasteiger partial charge in [-0.05, 0) is 26.0 Å². The Kier molecular flexibility index (Phi) is 5.03. The molecule has 0 amide bonds. The van der Waals surface area contributed by atoms with Crippen LogP contribution in [0.1, 0.15) is 18.2 Å². The largest absolute Gasteiger partial charge is 0.381 e. The average molecular weight is 334 g/mol. The molecule has 7 nitrogen and oxygen atoms in total. The van der Waals surface area contributed by atoms with Gasteiger partial charge in [0.2, 0.25) is 10.0 Å². The lowest BCUT2D eigenvalue weighted by atomic mass is 10.3. The summed E-state index contributed by atoms with van der Waals surface area (Å²) in [5.41, 5.74) is 1.31. The van der Waals surface area contributed by atoms with Crippen LogP contribution in [0.25, 0.3) is 5.69 Å². The molecular weight excluding hydrogens is 316 g/mol. The summed E-state index contributed by atoms with van der Waals surface area (Å²) in [7, 11) is -2.19. The minimum atomic E-state index is -3.64. The summed E-state index contributed by atoms with van der Waals surface area (Å²) < 4.78 is 33.5. The Balaban J connectivity index is 2.46. The fraction of sp³-hybridized carbons (Fsp3) is 0.333. The predicted molar refractivity (Wildman–Crippen MR) is 86.9 cm³/mol. The van der Waals surface area contributed by atoms with Gasteiger partial charge in [0.05, 0.1) is 17.5 Å². The standard InChI is InChI=1S/C15H18N4O3S/c1-11(22-3)10-23(20,21)18-15-12(2)14(9-16)17-19(15)13-7-5-4-6-8-13/h4-8,11,18H,10H2,1-3H3/t11-/m0/s1. The zero-order chi connectivity index (χ0) is 17.0. The monoisotopic (exact) mass is 334 g/mol. The van der Waals surface area contributed by atoms with E-state index in [0.717, 1.165) is 0 Å². The van der Waals surface area contributed by atoms with Crippen molar-refractivity contribution in [3.05, 3.63) is 41.6 Å². The normalized spacial score (nSPS) is 12.6. The van der Waals surface area contributed by atoms with E-state index in [9.17, 15) is 8.42 Å². The number of aromatic nitrogens is 2. The molecule has 8 heteroatoms. The van der Waals surface area contributed by atoms with Crippen molar-refractivity contribution in [2.45, 2.75) is 20.0 Å². The Morgan fingerprint density at radius 2 is 2.04 bits per heavy atom. The number of hydrogen-bond donors (Lipinski definition) is 1. The third kappa shape index (κ3) is 3.88. The van der Waals surface area contributed by atoms with E-state index < -0.39 is 16.1 Å². The van der Waals surface area contributed by atoms with Crippen LogP contribution in [0.5, 0.6) is 0 Å². The maximum absolute atomic E-state index is 12.3. The Labute approximate surface area is 135 Å². The number of rotatable bonds is 6. The first kappa shape index (κ1) is 17.0. The lowest BCUT2D eigenvalue weighted by Crippen LogP contribution is -2.26. The first-order valence-electron chi connectivity index (χ1n) is 6.96. The number of para-hydroxylation sites is 1. The van der Waals surface area contributed by atoms with E-state index in [1.807, 2.05) is 24.3 Å². The first-order chi connectivity index (χ1) is 10.9. The number of nitrogens with one attached hydrogen (secondary N) is 1. The number of nitrogens with zero attached hydrogens (tertiary/aromatic N) is 3. The van der Waals surface area contributed by atoms with Crippen molar-refractivity contribution in [2.24, 2.45) is 0 Å². The van der Waals surface area contributed by atoms with Crippen LogP contribution in [-0.4, -0.2) is 37.2 Å². The number of hydrogen-bond acceptors (Lipinski definition) is 5. The minimum absolute atomic E-state index is 0.173. The molecule has 23 heavy (non-hydrogen) atoms. The number of anilines is 1. The number of benzene rings is 1. The number of sulfonamides is 1. The van der Waals surface area contributed by atoms with Gasteiger partial charge in [0.25, 0.3) is 0 Å². The molecule has 0 saturated carbocycles. The Hall–Kier alpha value is -2.37. The van der Waals surface area contributed by atoms with Crippen LogP contribution in [0.3, 0.4) is 0 Å². The number of nitriles is 1. The van der Waals surface area contributed by atoms with Gasteiger partial charge in [0.1, 0.15) is 11.9 Å². The molecule has 0 radical (unpaired) electrons. The maximum atomic E-state index is 12.3. The predicted octanol–water partition coefficient (Wildman–Crippen LogP) is 1.83. The molecule has 0 aliphatic carbocycles. The van der Waals surface area contributed by atoms with Crippen LogP contribution < -0.4 is 4.72 Å². The molecule has 1 aromatic carbocycles. The van der Waals surface area contributed by atoms with Gasteiger partial charge in [-0.1, -0.05) is 18.2 Å². The molecule has 1 N–H and O–H groups in total. The van der Waals surface area contributed by atoms with Gasteiger partial charge in [-0.2, -0.15) is 10.4 Å². The summed E-state index contributed by atoms with van der Waals surface area (Å²) in [4.78, 5) is 0. The van der Waals surface area contributed by atoms with Gasteiger partial charge >= 0.3 is 0 Å². The molecule has 0 aliphatic rings. The van der Waals surface area contributed by atoms with Crippen LogP contribution in [0.15, 0.2) is 30.3 Å². The van der Waals surface area contributed by atoms with E-state index in [2.05, 4.69) is 9.82 Å². The van der Waals surface area contributed by atoms with E-state index in [0.29, 0.717) is 11.3 Å². The highest BCUT2D eigenvalue weighted by molar-refractivity contribution is 7.92. The van der Waals surface area contributed by atoms with Crippen molar-refractivity contribution in [1.29, 1.82) is 5.26 Å². The quantitative estimate of drug-likeness (QED) is 0.869. The van der Waals surface area contributed by atoms with Gasteiger partial charge in [-0.15, -0.1) is 0 Å². The molecule has 0 saturated heterocycles. The third-order valence-corrected chi connectivity index (χ3v) is 4.75. The van der Waals surface area contributed by atoms with E-state index in [1.54, 1.807) is 26.0 Å². The van der Waals surface area contributed by atoms with Crippen molar-refractivity contribution < 1.29 is 13.2 Å². The molecule has 1 aromatic heterocycles.